The SMILES string of the molecule is O=C(CC1CSCCN1)NCCS(=O)(=O)NCC1CCCCO1. The number of amides is 1. The normalized spacial score (nSPS) is 25.9. The van der Waals surface area contributed by atoms with Crippen molar-refractivity contribution in [1.29, 1.82) is 0 Å². The number of nitrogens with one attached hydrogen (secondary N) is 3. The average molecular weight is 366 g/mol. The Kier molecular flexibility index (Phi) is 8.11. The van der Waals surface area contributed by atoms with Gasteiger partial charge in [0.05, 0.1) is 11.9 Å². The molecule has 0 spiro atoms. The second kappa shape index (κ2) is 9.83. The minimum absolute atomic E-state index is 0.0250. The fraction of sp³-hybridized carbons (Fsp3) is 0.929. The van der Waals surface area contributed by atoms with Gasteiger partial charge in [-0.05, 0) is 19.3 Å². The number of hydrogen-bond acceptors (Lipinski definition) is 6. The maximum absolute atomic E-state index is 11.9. The van der Waals surface area contributed by atoms with Crippen LogP contribution in [0.1, 0.15) is 25.7 Å². The van der Waals surface area contributed by atoms with Gasteiger partial charge in [0.25, 0.3) is 0 Å². The van der Waals surface area contributed by atoms with E-state index in [-0.39, 0.29) is 30.4 Å². The Bertz CT molecular complexity index is 461. The first-order chi connectivity index (χ1) is 11.1. The molecule has 0 aromatic carbocycles. The molecule has 7 nitrogen and oxygen atoms in total. The third-order valence-corrected chi connectivity index (χ3v) is 6.41. The van der Waals surface area contributed by atoms with Crippen LogP contribution in [0.5, 0.6) is 0 Å². The first-order valence-corrected chi connectivity index (χ1v) is 11.0. The summed E-state index contributed by atoms with van der Waals surface area (Å²) >= 11 is 1.83. The molecular formula is C14H27N3O4S2. The van der Waals surface area contributed by atoms with Gasteiger partial charge in [0.15, 0.2) is 0 Å². The van der Waals surface area contributed by atoms with Crippen LogP contribution < -0.4 is 15.4 Å². The van der Waals surface area contributed by atoms with Crippen LogP contribution in [0.4, 0.5) is 0 Å². The quantitative estimate of drug-likeness (QED) is 0.546. The van der Waals surface area contributed by atoms with Gasteiger partial charge in [0, 0.05) is 50.2 Å². The van der Waals surface area contributed by atoms with Crippen molar-refractivity contribution < 1.29 is 17.9 Å². The van der Waals surface area contributed by atoms with Gasteiger partial charge in [-0.15, -0.1) is 0 Å². The van der Waals surface area contributed by atoms with Gasteiger partial charge < -0.3 is 15.4 Å². The number of thioether (sulfide) groups is 1. The van der Waals surface area contributed by atoms with Crippen molar-refractivity contribution in [2.24, 2.45) is 0 Å². The summed E-state index contributed by atoms with van der Waals surface area (Å²) in [4.78, 5) is 11.8. The van der Waals surface area contributed by atoms with E-state index in [0.717, 1.165) is 37.3 Å². The van der Waals surface area contributed by atoms with Crippen LogP contribution >= 0.6 is 11.8 Å². The molecule has 2 atom stereocenters. The maximum atomic E-state index is 11.9. The monoisotopic (exact) mass is 365 g/mol. The number of carbonyl (C=O) groups excluding carboxylic acids is 1. The second-order valence-electron chi connectivity index (χ2n) is 5.94. The molecule has 2 unspecified atom stereocenters. The third-order valence-electron chi connectivity index (χ3n) is 3.93. The van der Waals surface area contributed by atoms with E-state index in [2.05, 4.69) is 15.4 Å². The highest BCUT2D eigenvalue weighted by atomic mass is 32.2. The molecule has 2 aliphatic rings. The molecule has 0 aromatic rings. The first-order valence-electron chi connectivity index (χ1n) is 8.22. The maximum Gasteiger partial charge on any atom is 0.221 e. The summed E-state index contributed by atoms with van der Waals surface area (Å²) in [5, 5.41) is 5.97. The van der Waals surface area contributed by atoms with Crippen LogP contribution in [-0.4, -0.2) is 70.0 Å². The highest BCUT2D eigenvalue weighted by Gasteiger charge is 2.19. The minimum Gasteiger partial charge on any atom is -0.377 e. The Morgan fingerprint density at radius 1 is 1.35 bits per heavy atom. The van der Waals surface area contributed by atoms with Crippen LogP contribution in [0.25, 0.3) is 0 Å². The lowest BCUT2D eigenvalue weighted by Gasteiger charge is -2.23. The first kappa shape index (κ1) is 19.0. The van der Waals surface area contributed by atoms with Crippen molar-refractivity contribution in [1.82, 2.24) is 15.4 Å². The van der Waals surface area contributed by atoms with Crippen molar-refractivity contribution in [2.45, 2.75) is 37.8 Å². The largest absolute Gasteiger partial charge is 0.377 e. The van der Waals surface area contributed by atoms with Crippen LogP contribution in [0.3, 0.4) is 0 Å². The second-order valence-corrected chi connectivity index (χ2v) is 9.01. The summed E-state index contributed by atoms with van der Waals surface area (Å²) in [6, 6.07) is 0.187. The van der Waals surface area contributed by atoms with E-state index in [1.54, 1.807) is 0 Å². The van der Waals surface area contributed by atoms with Crippen LogP contribution in [-0.2, 0) is 19.6 Å². The molecule has 2 heterocycles. The molecule has 1 amide bonds. The summed E-state index contributed by atoms with van der Waals surface area (Å²) < 4.78 is 31.9. The molecule has 2 rings (SSSR count). The molecule has 134 valence electrons. The van der Waals surface area contributed by atoms with E-state index in [0.29, 0.717) is 19.6 Å². The number of hydrogen-bond donors (Lipinski definition) is 3. The highest BCUT2D eigenvalue weighted by molar-refractivity contribution is 7.99. The fourth-order valence-corrected chi connectivity index (χ4v) is 4.54. The van der Waals surface area contributed by atoms with E-state index < -0.39 is 10.0 Å². The Morgan fingerprint density at radius 2 is 2.22 bits per heavy atom. The number of carbonyl (C=O) groups is 1. The average Bonchev–Trinajstić information content (AvgIpc) is 2.55. The lowest BCUT2D eigenvalue weighted by molar-refractivity contribution is -0.121. The van der Waals surface area contributed by atoms with Gasteiger partial charge in [0.2, 0.25) is 15.9 Å². The number of ether oxygens (including phenoxy) is 1. The van der Waals surface area contributed by atoms with Gasteiger partial charge in [0.1, 0.15) is 0 Å². The molecule has 2 aliphatic heterocycles. The predicted octanol–water partition coefficient (Wildman–Crippen LogP) is -0.314. The third kappa shape index (κ3) is 7.84. The summed E-state index contributed by atoms with van der Waals surface area (Å²) in [6.45, 7) is 2.08. The minimum atomic E-state index is -3.37. The van der Waals surface area contributed by atoms with Crippen LogP contribution in [0.2, 0.25) is 0 Å². The number of sulfonamides is 1. The molecule has 23 heavy (non-hydrogen) atoms. The highest BCUT2D eigenvalue weighted by Crippen LogP contribution is 2.12. The van der Waals surface area contributed by atoms with Gasteiger partial charge in [-0.3, -0.25) is 4.79 Å². The lowest BCUT2D eigenvalue weighted by atomic mass is 10.1. The van der Waals surface area contributed by atoms with Crippen LogP contribution in [0, 0.1) is 0 Å². The van der Waals surface area contributed by atoms with Crippen molar-refractivity contribution in [3.8, 4) is 0 Å². The van der Waals surface area contributed by atoms with Gasteiger partial charge in [-0.25, -0.2) is 13.1 Å². The summed E-state index contributed by atoms with van der Waals surface area (Å²) in [7, 11) is -3.37. The van der Waals surface area contributed by atoms with Gasteiger partial charge in [-0.2, -0.15) is 11.8 Å². The lowest BCUT2D eigenvalue weighted by Crippen LogP contribution is -2.43. The van der Waals surface area contributed by atoms with Crippen molar-refractivity contribution in [3.05, 3.63) is 0 Å². The van der Waals surface area contributed by atoms with Crippen molar-refractivity contribution in [2.75, 3.05) is 43.5 Å². The molecule has 2 saturated heterocycles. The smallest absolute Gasteiger partial charge is 0.221 e. The van der Waals surface area contributed by atoms with E-state index in [4.69, 9.17) is 4.74 Å². The summed E-state index contributed by atoms with van der Waals surface area (Å²) in [6.07, 6.45) is 3.39. The van der Waals surface area contributed by atoms with E-state index in [1.807, 2.05) is 11.8 Å². The summed E-state index contributed by atoms with van der Waals surface area (Å²) in [5.74, 6) is 1.80. The Balaban J connectivity index is 1.58. The number of rotatable bonds is 8. The molecule has 0 aromatic heterocycles. The van der Waals surface area contributed by atoms with Crippen molar-refractivity contribution >= 4 is 27.7 Å². The zero-order valence-electron chi connectivity index (χ0n) is 13.4. The zero-order valence-corrected chi connectivity index (χ0v) is 15.0. The molecule has 2 fully saturated rings. The topological polar surface area (TPSA) is 96.5 Å². The molecule has 9 heteroatoms. The predicted molar refractivity (Wildman–Crippen MR) is 92.1 cm³/mol. The van der Waals surface area contributed by atoms with Gasteiger partial charge in [-0.1, -0.05) is 0 Å². The van der Waals surface area contributed by atoms with E-state index in [9.17, 15) is 13.2 Å². The van der Waals surface area contributed by atoms with E-state index >= 15 is 0 Å². The summed E-state index contributed by atoms with van der Waals surface area (Å²) in [5.41, 5.74) is 0. The standard InChI is InChI=1S/C14H27N3O4S2/c18-14(9-12-11-22-7-4-15-12)16-5-8-23(19,20)17-10-13-3-1-2-6-21-13/h12-13,15,17H,1-11H2,(H,16,18). The molecule has 0 bridgehead atoms. The Hall–Kier alpha value is -0.350. The van der Waals surface area contributed by atoms with Crippen molar-refractivity contribution in [3.63, 3.8) is 0 Å². The molecule has 0 saturated carbocycles. The molecular weight excluding hydrogens is 338 g/mol. The van der Waals surface area contributed by atoms with Crippen LogP contribution in [0.15, 0.2) is 0 Å². The molecule has 0 aliphatic carbocycles. The van der Waals surface area contributed by atoms with Gasteiger partial charge >= 0.3 is 0 Å². The fourth-order valence-electron chi connectivity index (χ4n) is 2.63. The molecule has 3 N–H and O–H groups in total. The Morgan fingerprint density at radius 3 is 2.91 bits per heavy atom. The Labute approximate surface area is 142 Å². The zero-order chi connectivity index (χ0) is 16.5. The van der Waals surface area contributed by atoms with E-state index in [1.165, 1.54) is 0 Å². The molecule has 0 radical (unpaired) electrons.